The van der Waals surface area contributed by atoms with Crippen LogP contribution in [0.5, 0.6) is 0 Å². The second kappa shape index (κ2) is 4.09. The van der Waals surface area contributed by atoms with Gasteiger partial charge in [-0.15, -0.1) is 0 Å². The zero-order valence-corrected chi connectivity index (χ0v) is 9.12. The minimum Gasteiger partial charge on any atom is -0.481 e. The molecule has 2 unspecified atom stereocenters. The molecule has 0 bridgehead atoms. The third-order valence-corrected chi connectivity index (χ3v) is 3.68. The molecule has 13 heavy (non-hydrogen) atoms. The highest BCUT2D eigenvalue weighted by atomic mass is 79.9. The summed E-state index contributed by atoms with van der Waals surface area (Å²) in [6, 6.07) is 0. The van der Waals surface area contributed by atoms with Crippen LogP contribution in [0.3, 0.4) is 0 Å². The Bertz CT molecular complexity index is 252. The summed E-state index contributed by atoms with van der Waals surface area (Å²) in [6.07, 6.45) is 8.29. The number of hydrogen-bond donors (Lipinski definition) is 1. The molecule has 2 nitrogen and oxygen atoms in total. The van der Waals surface area contributed by atoms with E-state index in [2.05, 4.69) is 15.9 Å². The zero-order valence-electron chi connectivity index (χ0n) is 7.53. The Morgan fingerprint density at radius 2 is 2.31 bits per heavy atom. The molecule has 1 N–H and O–H groups in total. The van der Waals surface area contributed by atoms with Crippen molar-refractivity contribution in [3.05, 3.63) is 24.3 Å². The lowest BCUT2D eigenvalue weighted by atomic mass is 9.72. The SMILES string of the molecule is CCC1(CBr)C=CC=CC1C(=O)O. The average molecular weight is 245 g/mol. The predicted octanol–water partition coefficient (Wildman–Crippen LogP) is 2.60. The van der Waals surface area contributed by atoms with Gasteiger partial charge in [-0.25, -0.2) is 0 Å². The van der Waals surface area contributed by atoms with Gasteiger partial charge in [0.15, 0.2) is 0 Å². The second-order valence-corrected chi connectivity index (χ2v) is 3.84. The molecule has 0 aromatic heterocycles. The molecule has 0 radical (unpaired) electrons. The van der Waals surface area contributed by atoms with Crippen LogP contribution in [-0.2, 0) is 4.79 Å². The molecule has 2 atom stereocenters. The van der Waals surface area contributed by atoms with E-state index in [4.69, 9.17) is 5.11 Å². The summed E-state index contributed by atoms with van der Waals surface area (Å²) in [4.78, 5) is 11.0. The first kappa shape index (κ1) is 10.5. The quantitative estimate of drug-likeness (QED) is 0.776. The van der Waals surface area contributed by atoms with E-state index in [1.54, 1.807) is 12.2 Å². The van der Waals surface area contributed by atoms with Crippen molar-refractivity contribution in [2.75, 3.05) is 5.33 Å². The van der Waals surface area contributed by atoms with Gasteiger partial charge in [0.05, 0.1) is 5.92 Å². The summed E-state index contributed by atoms with van der Waals surface area (Å²) >= 11 is 3.39. The Kier molecular flexibility index (Phi) is 3.31. The summed E-state index contributed by atoms with van der Waals surface area (Å²) in [5, 5.41) is 9.72. The summed E-state index contributed by atoms with van der Waals surface area (Å²) in [5.41, 5.74) is -0.249. The maximum atomic E-state index is 11.0. The van der Waals surface area contributed by atoms with E-state index in [1.807, 2.05) is 19.1 Å². The fraction of sp³-hybridized carbons (Fsp3) is 0.500. The van der Waals surface area contributed by atoms with E-state index in [1.165, 1.54) is 0 Å². The lowest BCUT2D eigenvalue weighted by Crippen LogP contribution is -2.35. The highest BCUT2D eigenvalue weighted by Crippen LogP contribution is 2.38. The number of halogens is 1. The van der Waals surface area contributed by atoms with Crippen LogP contribution in [0, 0.1) is 11.3 Å². The monoisotopic (exact) mass is 244 g/mol. The van der Waals surface area contributed by atoms with Crippen molar-refractivity contribution >= 4 is 21.9 Å². The summed E-state index contributed by atoms with van der Waals surface area (Å²) in [6.45, 7) is 2.01. The highest BCUT2D eigenvalue weighted by molar-refractivity contribution is 9.09. The normalized spacial score (nSPS) is 32.0. The summed E-state index contributed by atoms with van der Waals surface area (Å²) < 4.78 is 0. The fourth-order valence-corrected chi connectivity index (χ4v) is 2.54. The fourth-order valence-electron chi connectivity index (χ4n) is 1.61. The van der Waals surface area contributed by atoms with Crippen LogP contribution in [0.4, 0.5) is 0 Å². The van der Waals surface area contributed by atoms with E-state index in [0.717, 1.165) is 6.42 Å². The third-order valence-electron chi connectivity index (χ3n) is 2.64. The van der Waals surface area contributed by atoms with Crippen molar-refractivity contribution in [1.29, 1.82) is 0 Å². The molecule has 1 aliphatic rings. The second-order valence-electron chi connectivity index (χ2n) is 3.28. The highest BCUT2D eigenvalue weighted by Gasteiger charge is 2.38. The van der Waals surface area contributed by atoms with Gasteiger partial charge in [0.1, 0.15) is 0 Å². The first-order valence-corrected chi connectivity index (χ1v) is 5.43. The molecule has 0 fully saturated rings. The Labute approximate surface area is 86.5 Å². The first-order valence-electron chi connectivity index (χ1n) is 4.31. The van der Waals surface area contributed by atoms with Gasteiger partial charge in [0, 0.05) is 10.7 Å². The van der Waals surface area contributed by atoms with Gasteiger partial charge < -0.3 is 5.11 Å². The van der Waals surface area contributed by atoms with Crippen molar-refractivity contribution in [3.63, 3.8) is 0 Å². The smallest absolute Gasteiger partial charge is 0.311 e. The molecule has 0 heterocycles. The molecule has 0 amide bonds. The molecule has 72 valence electrons. The van der Waals surface area contributed by atoms with Crippen molar-refractivity contribution in [1.82, 2.24) is 0 Å². The molecule has 0 aliphatic heterocycles. The number of carboxylic acids is 1. The number of carboxylic acid groups (broad SMARTS) is 1. The lowest BCUT2D eigenvalue weighted by molar-refractivity contribution is -0.142. The van der Waals surface area contributed by atoms with Crippen LogP contribution < -0.4 is 0 Å². The van der Waals surface area contributed by atoms with Crippen LogP contribution in [0.1, 0.15) is 13.3 Å². The maximum Gasteiger partial charge on any atom is 0.311 e. The van der Waals surface area contributed by atoms with Crippen molar-refractivity contribution in [3.8, 4) is 0 Å². The lowest BCUT2D eigenvalue weighted by Gasteiger charge is -2.33. The largest absolute Gasteiger partial charge is 0.481 e. The molecule has 3 heteroatoms. The van der Waals surface area contributed by atoms with Gasteiger partial charge in [0.2, 0.25) is 0 Å². The zero-order chi connectivity index (χ0) is 9.90. The van der Waals surface area contributed by atoms with Gasteiger partial charge in [-0.3, -0.25) is 4.79 Å². The molecule has 0 aromatic carbocycles. The number of alkyl halides is 1. The van der Waals surface area contributed by atoms with Crippen LogP contribution in [0.25, 0.3) is 0 Å². The molecule has 0 saturated carbocycles. The Hall–Kier alpha value is -0.570. The molecule has 0 saturated heterocycles. The van der Waals surface area contributed by atoms with Crippen LogP contribution in [0.15, 0.2) is 24.3 Å². The topological polar surface area (TPSA) is 37.3 Å². The van der Waals surface area contributed by atoms with E-state index in [0.29, 0.717) is 5.33 Å². The van der Waals surface area contributed by atoms with E-state index in [-0.39, 0.29) is 5.41 Å². The summed E-state index contributed by atoms with van der Waals surface area (Å²) in [5.74, 6) is -1.15. The van der Waals surface area contributed by atoms with Crippen molar-refractivity contribution in [2.45, 2.75) is 13.3 Å². The van der Waals surface area contributed by atoms with Crippen molar-refractivity contribution in [2.24, 2.45) is 11.3 Å². The van der Waals surface area contributed by atoms with Crippen molar-refractivity contribution < 1.29 is 9.90 Å². The number of rotatable bonds is 3. The number of aliphatic carboxylic acids is 1. The Morgan fingerprint density at radius 1 is 1.62 bits per heavy atom. The molecule has 0 spiro atoms. The van der Waals surface area contributed by atoms with Crippen LogP contribution >= 0.6 is 15.9 Å². The van der Waals surface area contributed by atoms with Gasteiger partial charge in [0.25, 0.3) is 0 Å². The molecule has 0 aromatic rings. The van der Waals surface area contributed by atoms with Crippen LogP contribution in [-0.4, -0.2) is 16.4 Å². The maximum absolute atomic E-state index is 11.0. The number of allylic oxidation sites excluding steroid dienone is 3. The van der Waals surface area contributed by atoms with E-state index >= 15 is 0 Å². The average Bonchev–Trinajstić information content (AvgIpc) is 2.17. The number of hydrogen-bond acceptors (Lipinski definition) is 1. The minimum absolute atomic E-state index is 0.249. The summed E-state index contributed by atoms with van der Waals surface area (Å²) in [7, 11) is 0. The Balaban J connectivity index is 2.98. The number of carbonyl (C=O) groups is 1. The molecular formula is C10H13BrO2. The van der Waals surface area contributed by atoms with E-state index < -0.39 is 11.9 Å². The first-order chi connectivity index (χ1) is 6.16. The molecule has 1 rings (SSSR count). The van der Waals surface area contributed by atoms with Gasteiger partial charge in [-0.1, -0.05) is 47.2 Å². The Morgan fingerprint density at radius 3 is 2.69 bits per heavy atom. The van der Waals surface area contributed by atoms with E-state index in [9.17, 15) is 4.79 Å². The van der Waals surface area contributed by atoms with Gasteiger partial charge in [-0.2, -0.15) is 0 Å². The standard InChI is InChI=1S/C10H13BrO2/c1-2-10(7-11)6-4-3-5-8(10)9(12)13/h3-6,8H,2,7H2,1H3,(H,12,13). The van der Waals surface area contributed by atoms with Gasteiger partial charge >= 0.3 is 5.97 Å². The minimum atomic E-state index is -0.748. The molecular weight excluding hydrogens is 232 g/mol. The predicted molar refractivity (Wildman–Crippen MR) is 55.9 cm³/mol. The molecule has 1 aliphatic carbocycles. The van der Waals surface area contributed by atoms with Gasteiger partial charge in [-0.05, 0) is 6.42 Å². The van der Waals surface area contributed by atoms with Crippen LogP contribution in [0.2, 0.25) is 0 Å². The third kappa shape index (κ3) is 1.85.